The van der Waals surface area contributed by atoms with Crippen LogP contribution in [0.25, 0.3) is 0 Å². The van der Waals surface area contributed by atoms with Gasteiger partial charge in [0.05, 0.1) is 12.2 Å². The molecule has 2 aromatic rings. The zero-order valence-corrected chi connectivity index (χ0v) is 22.1. The van der Waals surface area contributed by atoms with Gasteiger partial charge >= 0.3 is 0 Å². The SMILES string of the molecule is CC(=O)c1nc2c(c(N[C@H](C)C3CCC3)n1)N1CC3CC[C@@H](C)C4=C3N(CCO4)C1N2.c1ccccc1. The van der Waals surface area contributed by atoms with Gasteiger partial charge in [-0.3, -0.25) is 4.79 Å². The number of anilines is 3. The van der Waals surface area contributed by atoms with Gasteiger partial charge in [-0.15, -0.1) is 0 Å². The maximum absolute atomic E-state index is 12.2. The minimum absolute atomic E-state index is 0.00140. The van der Waals surface area contributed by atoms with Crippen LogP contribution in [0.5, 0.6) is 0 Å². The van der Waals surface area contributed by atoms with E-state index in [2.05, 4.69) is 39.3 Å². The average molecular weight is 503 g/mol. The Balaban J connectivity index is 0.000000372. The molecular formula is C29H38N6O2. The van der Waals surface area contributed by atoms with Crippen LogP contribution in [0.1, 0.15) is 63.5 Å². The first-order valence-corrected chi connectivity index (χ1v) is 13.9. The van der Waals surface area contributed by atoms with Gasteiger partial charge in [0.25, 0.3) is 0 Å². The Hall–Kier alpha value is -3.29. The standard InChI is InChI=1S/C23H32N6O2.C6H6/c1-12-7-8-16-11-29-18-21(24-13(2)15-5-4-6-15)25-20(14(3)30)26-22(18)27-23(29)28-9-10-31-19(12)17(16)28;1-2-4-6-5-3-1/h12-13,15-16,23H,4-11H2,1-3H3,(H2,24,25,26,27);1-6H/t12-,13-,16?,23?;/m1./s1. The summed E-state index contributed by atoms with van der Waals surface area (Å²) in [5, 5.41) is 7.29. The van der Waals surface area contributed by atoms with E-state index in [0.717, 1.165) is 30.4 Å². The van der Waals surface area contributed by atoms with Crippen LogP contribution in [0.4, 0.5) is 17.3 Å². The molecule has 0 radical (unpaired) electrons. The zero-order valence-electron chi connectivity index (χ0n) is 22.1. The Labute approximate surface area is 219 Å². The van der Waals surface area contributed by atoms with Crippen molar-refractivity contribution in [2.75, 3.05) is 35.2 Å². The predicted octanol–water partition coefficient (Wildman–Crippen LogP) is 5.09. The predicted molar refractivity (Wildman–Crippen MR) is 145 cm³/mol. The summed E-state index contributed by atoms with van der Waals surface area (Å²) >= 11 is 0. The first-order valence-electron chi connectivity index (χ1n) is 13.9. The molecule has 1 saturated heterocycles. The van der Waals surface area contributed by atoms with Crippen molar-refractivity contribution in [1.29, 1.82) is 0 Å². The van der Waals surface area contributed by atoms with E-state index in [1.165, 1.54) is 50.5 Å². The van der Waals surface area contributed by atoms with Gasteiger partial charge in [-0.25, -0.2) is 9.97 Å². The van der Waals surface area contributed by atoms with Gasteiger partial charge in [0.15, 0.2) is 29.5 Å². The highest BCUT2D eigenvalue weighted by molar-refractivity contribution is 5.94. The largest absolute Gasteiger partial charge is 0.494 e. The minimum Gasteiger partial charge on any atom is -0.494 e. The molecule has 8 nitrogen and oxygen atoms in total. The van der Waals surface area contributed by atoms with Gasteiger partial charge in [0.2, 0.25) is 0 Å². The van der Waals surface area contributed by atoms with E-state index in [0.29, 0.717) is 30.4 Å². The van der Waals surface area contributed by atoms with E-state index in [1.807, 2.05) is 36.4 Å². The maximum atomic E-state index is 12.2. The Morgan fingerprint density at radius 1 is 1.08 bits per heavy atom. The molecule has 7 rings (SSSR count). The summed E-state index contributed by atoms with van der Waals surface area (Å²) in [6.07, 6.45) is 6.17. The second-order valence-corrected chi connectivity index (χ2v) is 11.1. The van der Waals surface area contributed by atoms with E-state index in [1.54, 1.807) is 0 Å². The van der Waals surface area contributed by atoms with E-state index in [-0.39, 0.29) is 17.9 Å². The number of hydrogen-bond donors (Lipinski definition) is 2. The van der Waals surface area contributed by atoms with Crippen molar-refractivity contribution in [3.05, 3.63) is 53.7 Å². The number of hydrogen-bond acceptors (Lipinski definition) is 8. The summed E-state index contributed by atoms with van der Waals surface area (Å²) in [6, 6.07) is 12.3. The molecule has 0 bridgehead atoms. The van der Waals surface area contributed by atoms with E-state index in [9.17, 15) is 4.79 Å². The first kappa shape index (κ1) is 24.1. The third kappa shape index (κ3) is 4.40. The molecule has 5 aliphatic rings. The van der Waals surface area contributed by atoms with Gasteiger partial charge in [0, 0.05) is 31.3 Å². The number of rotatable bonds is 4. The Bertz CT molecular complexity index is 1150. The molecule has 2 N–H and O–H groups in total. The second-order valence-electron chi connectivity index (χ2n) is 11.1. The molecule has 2 aliphatic carbocycles. The van der Waals surface area contributed by atoms with Crippen molar-refractivity contribution < 1.29 is 9.53 Å². The average Bonchev–Trinajstić information content (AvgIpc) is 3.25. The van der Waals surface area contributed by atoms with E-state index in [4.69, 9.17) is 9.72 Å². The Morgan fingerprint density at radius 3 is 2.46 bits per heavy atom. The maximum Gasteiger partial charge on any atom is 0.199 e. The molecule has 1 aromatic carbocycles. The molecule has 3 aliphatic heterocycles. The molecular weight excluding hydrogens is 464 g/mol. The second kappa shape index (κ2) is 9.88. The highest BCUT2D eigenvalue weighted by atomic mass is 16.5. The summed E-state index contributed by atoms with van der Waals surface area (Å²) in [5.41, 5.74) is 2.40. The van der Waals surface area contributed by atoms with Crippen LogP contribution < -0.4 is 15.5 Å². The van der Waals surface area contributed by atoms with Crippen LogP contribution in [-0.2, 0) is 4.74 Å². The van der Waals surface area contributed by atoms with E-state index >= 15 is 0 Å². The third-order valence-electron chi connectivity index (χ3n) is 8.58. The lowest BCUT2D eigenvalue weighted by molar-refractivity contribution is 0.0491. The van der Waals surface area contributed by atoms with Crippen LogP contribution in [0.3, 0.4) is 0 Å². The van der Waals surface area contributed by atoms with Gasteiger partial charge in [-0.05, 0) is 38.5 Å². The molecule has 1 saturated carbocycles. The molecule has 196 valence electrons. The fraction of sp³-hybridized carbons (Fsp3) is 0.552. The number of nitrogens with zero attached hydrogens (tertiary/aromatic N) is 4. The summed E-state index contributed by atoms with van der Waals surface area (Å²) in [7, 11) is 0. The van der Waals surface area contributed by atoms with Gasteiger partial charge in [0.1, 0.15) is 18.1 Å². The van der Waals surface area contributed by atoms with Crippen LogP contribution in [-0.4, -0.2) is 52.7 Å². The third-order valence-corrected chi connectivity index (χ3v) is 8.58. The Kier molecular flexibility index (Phi) is 6.42. The molecule has 37 heavy (non-hydrogen) atoms. The number of ether oxygens (including phenoxy) is 1. The number of allylic oxidation sites excluding steroid dienone is 1. The fourth-order valence-corrected chi connectivity index (χ4v) is 6.31. The van der Waals surface area contributed by atoms with Crippen LogP contribution in [0, 0.1) is 17.8 Å². The number of fused-ring (bicyclic) bond motifs is 4. The van der Waals surface area contributed by atoms with E-state index < -0.39 is 0 Å². The van der Waals surface area contributed by atoms with Gasteiger partial charge in [-0.1, -0.05) is 49.7 Å². The lowest BCUT2D eigenvalue weighted by atomic mass is 9.80. The topological polar surface area (TPSA) is 82.6 Å². The summed E-state index contributed by atoms with van der Waals surface area (Å²) in [6.45, 7) is 8.55. The quantitative estimate of drug-likeness (QED) is 0.560. The number of carbonyl (C=O) groups excluding carboxylic acids is 1. The van der Waals surface area contributed by atoms with Crippen LogP contribution in [0.2, 0.25) is 0 Å². The molecule has 2 fully saturated rings. The van der Waals surface area contributed by atoms with Crippen molar-refractivity contribution in [3.63, 3.8) is 0 Å². The number of nitrogens with one attached hydrogen (secondary N) is 2. The number of aromatic nitrogens is 2. The van der Waals surface area contributed by atoms with Crippen molar-refractivity contribution >= 4 is 23.1 Å². The van der Waals surface area contributed by atoms with Crippen LogP contribution in [0.15, 0.2) is 47.9 Å². The number of ketones is 1. The lowest BCUT2D eigenvalue weighted by Crippen LogP contribution is -2.60. The number of benzene rings is 1. The van der Waals surface area contributed by atoms with Crippen molar-refractivity contribution in [2.24, 2.45) is 17.8 Å². The molecule has 0 spiro atoms. The number of Topliss-reactive ketones (excluding diaryl/α,β-unsaturated/α-hetero) is 1. The highest BCUT2D eigenvalue weighted by Gasteiger charge is 2.48. The van der Waals surface area contributed by atoms with Gasteiger partial charge in [-0.2, -0.15) is 0 Å². The van der Waals surface area contributed by atoms with Crippen molar-refractivity contribution in [3.8, 4) is 0 Å². The van der Waals surface area contributed by atoms with Crippen molar-refractivity contribution in [1.82, 2.24) is 14.9 Å². The van der Waals surface area contributed by atoms with Gasteiger partial charge < -0.3 is 25.2 Å². The minimum atomic E-state index is -0.104. The summed E-state index contributed by atoms with van der Waals surface area (Å²) in [5.74, 6) is 4.55. The van der Waals surface area contributed by atoms with Crippen molar-refractivity contribution in [2.45, 2.75) is 65.2 Å². The first-order chi connectivity index (χ1) is 18.0. The molecule has 8 heteroatoms. The smallest absolute Gasteiger partial charge is 0.199 e. The fourth-order valence-electron chi connectivity index (χ4n) is 6.31. The Morgan fingerprint density at radius 2 is 1.81 bits per heavy atom. The number of carbonyl (C=O) groups is 1. The molecule has 2 unspecified atom stereocenters. The molecule has 1 aromatic heterocycles. The molecule has 4 heterocycles. The highest BCUT2D eigenvalue weighted by Crippen LogP contribution is 2.49. The molecule has 0 amide bonds. The zero-order chi connectivity index (χ0) is 25.5. The summed E-state index contributed by atoms with van der Waals surface area (Å²) < 4.78 is 6.13. The molecule has 4 atom stereocenters. The monoisotopic (exact) mass is 502 g/mol. The lowest BCUT2D eigenvalue weighted by Gasteiger charge is -2.52. The van der Waals surface area contributed by atoms with Crippen LogP contribution >= 0.6 is 0 Å². The normalized spacial score (nSPS) is 26.3. The summed E-state index contributed by atoms with van der Waals surface area (Å²) in [4.78, 5) is 26.4.